The molecule has 0 aliphatic carbocycles. The van der Waals surface area contributed by atoms with Crippen molar-refractivity contribution in [3.05, 3.63) is 70.8 Å². The first-order chi connectivity index (χ1) is 16.3. The minimum Gasteiger partial charge on any atom is -0.300 e. The molecule has 2 rings (SSSR count). The van der Waals surface area contributed by atoms with E-state index in [-0.39, 0.29) is 11.6 Å². The fourth-order valence-corrected chi connectivity index (χ4v) is 3.85. The quantitative estimate of drug-likeness (QED) is 0.285. The van der Waals surface area contributed by atoms with E-state index in [9.17, 15) is 9.59 Å². The molecule has 0 amide bonds. The smallest absolute Gasteiger partial charge is 0.138 e. The van der Waals surface area contributed by atoms with Gasteiger partial charge in [0.05, 0.1) is 0 Å². The van der Waals surface area contributed by atoms with Gasteiger partial charge in [0.2, 0.25) is 0 Å². The van der Waals surface area contributed by atoms with E-state index in [1.165, 1.54) is 11.1 Å². The minimum atomic E-state index is -1.53. The molecule has 3 heteroatoms. The van der Waals surface area contributed by atoms with Gasteiger partial charge in [0.1, 0.15) is 19.6 Å². The zero-order valence-electron chi connectivity index (χ0n) is 22.8. The Bertz CT molecular complexity index is 1050. The van der Waals surface area contributed by atoms with Crippen LogP contribution in [0, 0.1) is 23.8 Å². The Morgan fingerprint density at radius 2 is 1.17 bits per heavy atom. The summed E-state index contributed by atoms with van der Waals surface area (Å²) >= 11 is 0. The van der Waals surface area contributed by atoms with Crippen LogP contribution in [0.25, 0.3) is 0 Å². The molecule has 0 aromatic heterocycles. The standard InChI is InChI=1S/C19H28OSi.C13H14O/c1-16(20)8-7-9-17-10-12-18(13-11-17)14-15-21(5,6)19(2,3)4;1-3-12-7-9-13(10-8-12)6-4-5-11(2)14/h10-13H,7-9H2,1-6H3;1,7-10H,4-6H2,2H3. The maximum absolute atomic E-state index is 10.9. The van der Waals surface area contributed by atoms with Crippen molar-refractivity contribution in [1.82, 2.24) is 0 Å². The fraction of sp³-hybridized carbons (Fsp3) is 0.438. The van der Waals surface area contributed by atoms with Gasteiger partial charge in [-0.05, 0) is 80.0 Å². The highest BCUT2D eigenvalue weighted by Crippen LogP contribution is 2.35. The number of aryl methyl sites for hydroxylation is 2. The molecule has 0 aliphatic heterocycles. The van der Waals surface area contributed by atoms with Crippen LogP contribution in [-0.4, -0.2) is 19.6 Å². The molecule has 2 aromatic rings. The van der Waals surface area contributed by atoms with Crippen LogP contribution in [0.3, 0.4) is 0 Å². The molecule has 0 aliphatic rings. The summed E-state index contributed by atoms with van der Waals surface area (Å²) < 4.78 is 0. The summed E-state index contributed by atoms with van der Waals surface area (Å²) in [4.78, 5) is 21.6. The van der Waals surface area contributed by atoms with Crippen LogP contribution >= 0.6 is 0 Å². The van der Waals surface area contributed by atoms with Gasteiger partial charge in [-0.2, -0.15) is 0 Å². The number of Topliss-reactive ketones (excluding diaryl/α,β-unsaturated/α-hetero) is 2. The molecular weight excluding hydrogens is 444 g/mol. The second kappa shape index (κ2) is 14.5. The average molecular weight is 487 g/mol. The van der Waals surface area contributed by atoms with Gasteiger partial charge in [0, 0.05) is 24.0 Å². The number of hydrogen-bond donors (Lipinski definition) is 0. The van der Waals surface area contributed by atoms with Gasteiger partial charge in [-0.15, -0.1) is 12.0 Å². The van der Waals surface area contributed by atoms with Crippen LogP contribution in [0.5, 0.6) is 0 Å². The van der Waals surface area contributed by atoms with E-state index in [0.29, 0.717) is 17.9 Å². The summed E-state index contributed by atoms with van der Waals surface area (Å²) in [5, 5.41) is 0.298. The lowest BCUT2D eigenvalue weighted by atomic mass is 10.1. The Morgan fingerprint density at radius 3 is 1.51 bits per heavy atom. The number of benzene rings is 2. The van der Waals surface area contributed by atoms with Gasteiger partial charge >= 0.3 is 0 Å². The molecule has 0 N–H and O–H groups in total. The molecule has 2 nitrogen and oxygen atoms in total. The van der Waals surface area contributed by atoms with Gasteiger partial charge in [-0.3, -0.25) is 0 Å². The van der Waals surface area contributed by atoms with Gasteiger partial charge in [0.25, 0.3) is 0 Å². The Kier molecular flexibility index (Phi) is 12.5. The summed E-state index contributed by atoms with van der Waals surface area (Å²) in [6.45, 7) is 14.8. The fourth-order valence-electron chi connectivity index (χ4n) is 3.02. The lowest BCUT2D eigenvalue weighted by molar-refractivity contribution is -0.117. The largest absolute Gasteiger partial charge is 0.300 e. The SMILES string of the molecule is C#Cc1ccc(CCCC(C)=O)cc1.CC(=O)CCCc1ccc(C#C[Si](C)(C)C(C)(C)C)cc1. The van der Waals surface area contributed by atoms with Crippen LogP contribution in [0.2, 0.25) is 18.1 Å². The maximum atomic E-state index is 10.9. The first-order valence-corrected chi connectivity index (χ1v) is 15.5. The van der Waals surface area contributed by atoms with Crippen molar-refractivity contribution in [2.75, 3.05) is 0 Å². The van der Waals surface area contributed by atoms with Gasteiger partial charge in [-0.25, -0.2) is 0 Å². The number of carbonyl (C=O) groups excluding carboxylic acids is 2. The number of hydrogen-bond acceptors (Lipinski definition) is 2. The Hall–Kier alpha value is -2.88. The van der Waals surface area contributed by atoms with E-state index in [2.05, 4.69) is 75.5 Å². The second-order valence-corrected chi connectivity index (χ2v) is 15.8. The summed E-state index contributed by atoms with van der Waals surface area (Å²) in [5.41, 5.74) is 8.06. The Balaban J connectivity index is 0.000000379. The summed E-state index contributed by atoms with van der Waals surface area (Å²) in [7, 11) is -1.53. The molecule has 0 heterocycles. The molecule has 186 valence electrons. The number of terminal acetylenes is 1. The second-order valence-electron chi connectivity index (χ2n) is 10.8. The molecule has 0 bridgehead atoms. The third-order valence-electron chi connectivity index (χ3n) is 6.46. The van der Waals surface area contributed by atoms with Crippen molar-refractivity contribution >= 4 is 19.6 Å². The van der Waals surface area contributed by atoms with Crippen LogP contribution in [0.15, 0.2) is 48.5 Å². The molecule has 2 aromatic carbocycles. The van der Waals surface area contributed by atoms with Crippen LogP contribution in [0.1, 0.15) is 82.6 Å². The zero-order valence-corrected chi connectivity index (χ0v) is 23.8. The number of rotatable bonds is 8. The van der Waals surface area contributed by atoms with Crippen molar-refractivity contribution in [3.63, 3.8) is 0 Å². The van der Waals surface area contributed by atoms with Gasteiger partial charge in [-0.1, -0.05) is 70.0 Å². The number of ketones is 2. The number of carbonyl (C=O) groups is 2. The predicted molar refractivity (Wildman–Crippen MR) is 152 cm³/mol. The van der Waals surface area contributed by atoms with Crippen molar-refractivity contribution in [3.8, 4) is 23.8 Å². The molecule has 0 unspecified atom stereocenters. The van der Waals surface area contributed by atoms with Crippen molar-refractivity contribution in [2.24, 2.45) is 0 Å². The highest BCUT2D eigenvalue weighted by molar-refractivity contribution is 6.87. The van der Waals surface area contributed by atoms with E-state index < -0.39 is 8.07 Å². The summed E-state index contributed by atoms with van der Waals surface area (Å²) in [6.07, 6.45) is 10.4. The molecule has 0 saturated heterocycles. The summed E-state index contributed by atoms with van der Waals surface area (Å²) in [5.74, 6) is 6.45. The Labute approximate surface area is 214 Å². The monoisotopic (exact) mass is 486 g/mol. The van der Waals surface area contributed by atoms with E-state index >= 15 is 0 Å². The van der Waals surface area contributed by atoms with E-state index in [1.54, 1.807) is 13.8 Å². The molecule has 0 radical (unpaired) electrons. The Morgan fingerprint density at radius 1 is 0.771 bits per heavy atom. The average Bonchev–Trinajstić information content (AvgIpc) is 2.78. The van der Waals surface area contributed by atoms with Crippen molar-refractivity contribution in [2.45, 2.75) is 91.3 Å². The predicted octanol–water partition coefficient (Wildman–Crippen LogP) is 7.58. The lowest BCUT2D eigenvalue weighted by Crippen LogP contribution is -2.35. The van der Waals surface area contributed by atoms with E-state index in [0.717, 1.165) is 36.8 Å². The van der Waals surface area contributed by atoms with Crippen LogP contribution in [-0.2, 0) is 22.4 Å². The lowest BCUT2D eigenvalue weighted by Gasteiger charge is -2.31. The highest BCUT2D eigenvalue weighted by Gasteiger charge is 2.33. The van der Waals surface area contributed by atoms with Crippen molar-refractivity contribution < 1.29 is 9.59 Å². The molecule has 0 fully saturated rings. The zero-order chi connectivity index (χ0) is 26.5. The third-order valence-corrected chi connectivity index (χ3v) is 11.0. The van der Waals surface area contributed by atoms with Gasteiger partial charge < -0.3 is 9.59 Å². The summed E-state index contributed by atoms with van der Waals surface area (Å²) in [6, 6.07) is 16.4. The van der Waals surface area contributed by atoms with E-state index in [1.807, 2.05) is 24.3 Å². The van der Waals surface area contributed by atoms with Crippen LogP contribution in [0.4, 0.5) is 0 Å². The topological polar surface area (TPSA) is 34.1 Å². The first kappa shape index (κ1) is 30.1. The highest BCUT2D eigenvalue weighted by atomic mass is 28.3. The minimum absolute atomic E-state index is 0.255. The molecule has 0 saturated carbocycles. The van der Waals surface area contributed by atoms with Crippen LogP contribution < -0.4 is 0 Å². The third kappa shape index (κ3) is 12.4. The first-order valence-electron chi connectivity index (χ1n) is 12.5. The van der Waals surface area contributed by atoms with Gasteiger partial charge in [0.15, 0.2) is 0 Å². The molecular formula is C32H42O2Si. The normalized spacial score (nSPS) is 10.8. The maximum Gasteiger partial charge on any atom is 0.138 e. The molecule has 0 atom stereocenters. The van der Waals surface area contributed by atoms with Crippen molar-refractivity contribution in [1.29, 1.82) is 0 Å². The molecule has 0 spiro atoms. The van der Waals surface area contributed by atoms with E-state index in [4.69, 9.17) is 6.42 Å². The molecule has 35 heavy (non-hydrogen) atoms.